The molecule has 0 aliphatic rings. The van der Waals surface area contributed by atoms with Crippen molar-refractivity contribution in [1.29, 1.82) is 0 Å². The number of hydrogen-bond donors (Lipinski definition) is 1. The lowest BCUT2D eigenvalue weighted by atomic mass is 10.2. The molecule has 4 aromatic rings. The van der Waals surface area contributed by atoms with Crippen molar-refractivity contribution >= 4 is 23.2 Å². The Morgan fingerprint density at radius 2 is 1.48 bits per heavy atom. The van der Waals surface area contributed by atoms with Crippen molar-refractivity contribution in [3.05, 3.63) is 83.9 Å². The van der Waals surface area contributed by atoms with E-state index in [4.69, 9.17) is 20.8 Å². The molecule has 0 saturated heterocycles. The van der Waals surface area contributed by atoms with Crippen LogP contribution in [0.4, 0.5) is 5.69 Å². The van der Waals surface area contributed by atoms with Gasteiger partial charge in [-0.2, -0.15) is 0 Å². The second-order valence-corrected chi connectivity index (χ2v) is 6.58. The fraction of sp³-hybridized carbons (Fsp3) is 0.0455. The predicted molar refractivity (Wildman–Crippen MR) is 111 cm³/mol. The summed E-state index contributed by atoms with van der Waals surface area (Å²) in [7, 11) is 0. The molecule has 0 unspecified atom stereocenters. The number of rotatable bonds is 6. The molecular weight excluding hydrogens is 390 g/mol. The molecule has 3 aromatic carbocycles. The average Bonchev–Trinajstić information content (AvgIpc) is 3.25. The maximum Gasteiger partial charge on any atom is 0.262 e. The number of carbonyl (C=O) groups excluding carboxylic acids is 1. The molecule has 144 valence electrons. The summed E-state index contributed by atoms with van der Waals surface area (Å²) in [5, 5.41) is 11.5. The molecule has 0 spiro atoms. The number of hydrogen-bond acceptors (Lipinski definition) is 5. The Hall–Kier alpha value is -3.64. The number of anilines is 1. The Morgan fingerprint density at radius 3 is 2.14 bits per heavy atom. The first-order valence-electron chi connectivity index (χ1n) is 8.85. The van der Waals surface area contributed by atoms with Crippen molar-refractivity contribution in [3.63, 3.8) is 0 Å². The first-order valence-corrected chi connectivity index (χ1v) is 9.23. The van der Waals surface area contributed by atoms with E-state index in [1.54, 1.807) is 48.5 Å². The van der Waals surface area contributed by atoms with Crippen molar-refractivity contribution in [3.8, 4) is 28.7 Å². The summed E-state index contributed by atoms with van der Waals surface area (Å²) in [5.74, 6) is 1.17. The van der Waals surface area contributed by atoms with Gasteiger partial charge in [0.15, 0.2) is 6.61 Å². The highest BCUT2D eigenvalue weighted by atomic mass is 35.5. The molecule has 0 radical (unpaired) electrons. The minimum atomic E-state index is -0.263. The zero-order valence-corrected chi connectivity index (χ0v) is 16.0. The molecule has 0 saturated carbocycles. The summed E-state index contributed by atoms with van der Waals surface area (Å²) < 4.78 is 11.3. The lowest BCUT2D eigenvalue weighted by Crippen LogP contribution is -2.20. The summed E-state index contributed by atoms with van der Waals surface area (Å²) in [6.07, 6.45) is 0. The molecule has 0 atom stereocenters. The third-order valence-corrected chi connectivity index (χ3v) is 4.30. The van der Waals surface area contributed by atoms with Gasteiger partial charge in [0.2, 0.25) is 11.8 Å². The van der Waals surface area contributed by atoms with E-state index < -0.39 is 0 Å². The van der Waals surface area contributed by atoms with Gasteiger partial charge in [0.25, 0.3) is 5.91 Å². The van der Waals surface area contributed by atoms with E-state index in [0.29, 0.717) is 28.2 Å². The van der Waals surface area contributed by atoms with Gasteiger partial charge in [0, 0.05) is 21.8 Å². The van der Waals surface area contributed by atoms with Gasteiger partial charge in [-0.15, -0.1) is 10.2 Å². The summed E-state index contributed by atoms with van der Waals surface area (Å²) in [5.41, 5.74) is 2.28. The lowest BCUT2D eigenvalue weighted by molar-refractivity contribution is -0.118. The van der Waals surface area contributed by atoms with Crippen LogP contribution in [0.3, 0.4) is 0 Å². The highest BCUT2D eigenvalue weighted by Crippen LogP contribution is 2.25. The van der Waals surface area contributed by atoms with E-state index >= 15 is 0 Å². The van der Waals surface area contributed by atoms with E-state index in [9.17, 15) is 4.79 Å². The lowest BCUT2D eigenvalue weighted by Gasteiger charge is -2.08. The summed E-state index contributed by atoms with van der Waals surface area (Å²) in [6.45, 7) is -0.110. The number of aromatic nitrogens is 2. The molecule has 0 aliphatic carbocycles. The van der Waals surface area contributed by atoms with Gasteiger partial charge >= 0.3 is 0 Å². The highest BCUT2D eigenvalue weighted by Gasteiger charge is 2.10. The minimum absolute atomic E-state index is 0.110. The predicted octanol–water partition coefficient (Wildman–Crippen LogP) is 5.07. The molecule has 1 heterocycles. The third kappa shape index (κ3) is 4.80. The average molecular weight is 406 g/mol. The maximum atomic E-state index is 12.0. The molecule has 7 heteroatoms. The Kier molecular flexibility index (Phi) is 5.54. The minimum Gasteiger partial charge on any atom is -0.484 e. The maximum absolute atomic E-state index is 12.0. The number of nitrogens with zero attached hydrogens (tertiary/aromatic N) is 2. The third-order valence-electron chi connectivity index (χ3n) is 4.04. The molecule has 0 fully saturated rings. The van der Waals surface area contributed by atoms with Crippen molar-refractivity contribution in [1.82, 2.24) is 10.2 Å². The van der Waals surface area contributed by atoms with Crippen LogP contribution in [0, 0.1) is 0 Å². The van der Waals surface area contributed by atoms with Crippen LogP contribution in [0.5, 0.6) is 5.75 Å². The Morgan fingerprint density at radius 1 is 0.862 bits per heavy atom. The number of carbonyl (C=O) groups is 1. The van der Waals surface area contributed by atoms with E-state index in [2.05, 4.69) is 15.5 Å². The van der Waals surface area contributed by atoms with E-state index in [-0.39, 0.29) is 12.5 Å². The van der Waals surface area contributed by atoms with Crippen molar-refractivity contribution in [2.24, 2.45) is 0 Å². The normalized spacial score (nSPS) is 10.5. The molecule has 1 N–H and O–H groups in total. The fourth-order valence-electron chi connectivity index (χ4n) is 2.61. The SMILES string of the molecule is O=C(COc1ccc(-c2nnc(-c3ccccc3)o2)cc1)Nc1ccc(Cl)cc1. The van der Waals surface area contributed by atoms with Crippen LogP contribution in [-0.4, -0.2) is 22.7 Å². The summed E-state index contributed by atoms with van der Waals surface area (Å²) in [6, 6.07) is 23.5. The van der Waals surface area contributed by atoms with E-state index in [1.807, 2.05) is 30.3 Å². The van der Waals surface area contributed by atoms with Gasteiger partial charge < -0.3 is 14.5 Å². The second-order valence-electron chi connectivity index (χ2n) is 6.15. The topological polar surface area (TPSA) is 77.2 Å². The first kappa shape index (κ1) is 18.7. The largest absolute Gasteiger partial charge is 0.484 e. The van der Waals surface area contributed by atoms with Crippen LogP contribution < -0.4 is 10.1 Å². The number of nitrogens with one attached hydrogen (secondary N) is 1. The number of halogens is 1. The second kappa shape index (κ2) is 8.58. The van der Waals surface area contributed by atoms with Crippen LogP contribution in [0.25, 0.3) is 22.9 Å². The first-order chi connectivity index (χ1) is 14.2. The molecule has 1 aromatic heterocycles. The quantitative estimate of drug-likeness (QED) is 0.484. The van der Waals surface area contributed by atoms with Gasteiger partial charge in [0.1, 0.15) is 5.75 Å². The Bertz CT molecular complexity index is 1090. The zero-order chi connectivity index (χ0) is 20.1. The molecule has 29 heavy (non-hydrogen) atoms. The standard InChI is InChI=1S/C22H16ClN3O3/c23-17-8-10-18(11-9-17)24-20(27)14-28-19-12-6-16(7-13-19)22-26-25-21(29-22)15-4-2-1-3-5-15/h1-13H,14H2,(H,24,27). The van der Waals surface area contributed by atoms with Crippen molar-refractivity contribution in [2.45, 2.75) is 0 Å². The molecule has 0 aliphatic heterocycles. The summed E-state index contributed by atoms with van der Waals surface area (Å²) in [4.78, 5) is 12.0. The number of benzene rings is 3. The van der Waals surface area contributed by atoms with Crippen LogP contribution in [0.1, 0.15) is 0 Å². The Balaban J connectivity index is 1.35. The van der Waals surface area contributed by atoms with Crippen LogP contribution in [0.2, 0.25) is 5.02 Å². The van der Waals surface area contributed by atoms with Gasteiger partial charge in [-0.05, 0) is 60.7 Å². The van der Waals surface area contributed by atoms with Crippen molar-refractivity contribution < 1.29 is 13.9 Å². The molecular formula is C22H16ClN3O3. The molecule has 0 bridgehead atoms. The van der Waals surface area contributed by atoms with Crippen LogP contribution in [-0.2, 0) is 4.79 Å². The fourth-order valence-corrected chi connectivity index (χ4v) is 2.74. The van der Waals surface area contributed by atoms with Gasteiger partial charge in [-0.3, -0.25) is 4.79 Å². The van der Waals surface area contributed by atoms with Crippen LogP contribution in [0.15, 0.2) is 83.3 Å². The van der Waals surface area contributed by atoms with Crippen molar-refractivity contribution in [2.75, 3.05) is 11.9 Å². The van der Waals surface area contributed by atoms with Crippen LogP contribution >= 0.6 is 11.6 Å². The Labute approximate surface area is 172 Å². The molecule has 6 nitrogen and oxygen atoms in total. The van der Waals surface area contributed by atoms with E-state index in [0.717, 1.165) is 11.1 Å². The monoisotopic (exact) mass is 405 g/mol. The summed E-state index contributed by atoms with van der Waals surface area (Å²) >= 11 is 5.83. The number of amides is 1. The highest BCUT2D eigenvalue weighted by molar-refractivity contribution is 6.30. The molecule has 4 rings (SSSR count). The zero-order valence-electron chi connectivity index (χ0n) is 15.2. The number of ether oxygens (including phenoxy) is 1. The smallest absolute Gasteiger partial charge is 0.262 e. The van der Waals surface area contributed by atoms with Gasteiger partial charge in [0.05, 0.1) is 0 Å². The molecule has 1 amide bonds. The van der Waals surface area contributed by atoms with Gasteiger partial charge in [-0.1, -0.05) is 29.8 Å². The van der Waals surface area contributed by atoms with E-state index in [1.165, 1.54) is 0 Å². The van der Waals surface area contributed by atoms with Gasteiger partial charge in [-0.25, -0.2) is 0 Å².